The van der Waals surface area contributed by atoms with Crippen molar-refractivity contribution in [3.8, 4) is 0 Å². The van der Waals surface area contributed by atoms with Gasteiger partial charge < -0.3 is 4.52 Å². The van der Waals surface area contributed by atoms with Gasteiger partial charge in [0.25, 0.3) is 10.0 Å². The Bertz CT molecular complexity index is 777. The van der Waals surface area contributed by atoms with Crippen LogP contribution in [0.2, 0.25) is 0 Å². The summed E-state index contributed by atoms with van der Waals surface area (Å²) in [6.45, 7) is 1.71. The second kappa shape index (κ2) is 6.62. The van der Waals surface area contributed by atoms with Crippen molar-refractivity contribution < 1.29 is 12.9 Å². The molecule has 0 aliphatic heterocycles. The van der Waals surface area contributed by atoms with E-state index < -0.39 is 15.6 Å². The fraction of sp³-hybridized carbons (Fsp3) is 0.571. The van der Waals surface area contributed by atoms with E-state index in [-0.39, 0.29) is 4.21 Å². The lowest BCUT2D eigenvalue weighted by Gasteiger charge is -2.30. The Morgan fingerprint density at radius 1 is 1.26 bits per heavy atom. The van der Waals surface area contributed by atoms with Gasteiger partial charge >= 0.3 is 0 Å². The summed E-state index contributed by atoms with van der Waals surface area (Å²) in [6, 6.07) is 3.33. The molecule has 3 rings (SSSR count). The van der Waals surface area contributed by atoms with E-state index in [9.17, 15) is 8.42 Å². The highest BCUT2D eigenvalue weighted by Crippen LogP contribution is 2.37. The molecule has 0 radical (unpaired) electrons. The number of thiophene rings is 1. The van der Waals surface area contributed by atoms with Crippen LogP contribution in [0.5, 0.6) is 0 Å². The lowest BCUT2D eigenvalue weighted by Crippen LogP contribution is -2.46. The quantitative estimate of drug-likeness (QED) is 0.762. The number of nitrogens with one attached hydrogen (secondary N) is 1. The first-order valence-electron chi connectivity index (χ1n) is 7.51. The second-order valence-electron chi connectivity index (χ2n) is 5.80. The summed E-state index contributed by atoms with van der Waals surface area (Å²) in [7, 11) is -3.64. The fourth-order valence-electron chi connectivity index (χ4n) is 2.95. The minimum Gasteiger partial charge on any atom is -0.340 e. The van der Waals surface area contributed by atoms with Gasteiger partial charge in [-0.05, 0) is 40.9 Å². The lowest BCUT2D eigenvalue weighted by molar-refractivity contribution is 0.301. The third kappa shape index (κ3) is 3.67. The molecule has 0 saturated heterocycles. The number of sulfonamides is 1. The van der Waals surface area contributed by atoms with Crippen molar-refractivity contribution in [1.82, 2.24) is 14.9 Å². The van der Waals surface area contributed by atoms with Gasteiger partial charge in [0.15, 0.2) is 5.82 Å². The maximum atomic E-state index is 12.8. The zero-order valence-corrected chi connectivity index (χ0v) is 15.9. The van der Waals surface area contributed by atoms with E-state index in [0.29, 0.717) is 24.6 Å². The van der Waals surface area contributed by atoms with E-state index in [4.69, 9.17) is 4.52 Å². The van der Waals surface area contributed by atoms with Gasteiger partial charge in [0.1, 0.15) is 4.21 Å². The number of aromatic nitrogens is 2. The first-order chi connectivity index (χ1) is 10.9. The first kappa shape index (κ1) is 17.1. The predicted molar refractivity (Wildman–Crippen MR) is 90.8 cm³/mol. The van der Waals surface area contributed by atoms with Gasteiger partial charge in [-0.3, -0.25) is 0 Å². The molecule has 9 heteroatoms. The first-order valence-corrected chi connectivity index (χ1v) is 10.6. The van der Waals surface area contributed by atoms with E-state index >= 15 is 0 Å². The van der Waals surface area contributed by atoms with Crippen LogP contribution in [-0.2, 0) is 15.6 Å². The van der Waals surface area contributed by atoms with E-state index in [1.54, 1.807) is 19.1 Å². The summed E-state index contributed by atoms with van der Waals surface area (Å²) >= 11 is 4.50. The molecule has 126 valence electrons. The van der Waals surface area contributed by atoms with Crippen LogP contribution in [0.3, 0.4) is 0 Å². The van der Waals surface area contributed by atoms with Gasteiger partial charge in [-0.1, -0.05) is 30.8 Å². The number of aryl methyl sites for hydroxylation is 1. The molecule has 23 heavy (non-hydrogen) atoms. The zero-order chi connectivity index (χ0) is 16.5. The molecule has 2 aromatic rings. The van der Waals surface area contributed by atoms with Gasteiger partial charge in [-0.25, -0.2) is 8.42 Å². The Labute approximate surface area is 147 Å². The Morgan fingerprint density at radius 2 is 1.96 bits per heavy atom. The van der Waals surface area contributed by atoms with Crippen LogP contribution >= 0.6 is 27.3 Å². The van der Waals surface area contributed by atoms with Crippen LogP contribution in [0.4, 0.5) is 0 Å². The summed E-state index contributed by atoms with van der Waals surface area (Å²) in [5, 5.41) is 4.02. The second-order valence-corrected chi connectivity index (χ2v) is 10.2. The van der Waals surface area contributed by atoms with E-state index in [1.807, 2.05) is 0 Å². The van der Waals surface area contributed by atoms with Crippen molar-refractivity contribution in [2.24, 2.45) is 0 Å². The minimum atomic E-state index is -3.64. The smallest absolute Gasteiger partial charge is 0.251 e. The van der Waals surface area contributed by atoms with Crippen LogP contribution in [0.25, 0.3) is 0 Å². The topological polar surface area (TPSA) is 85.1 Å². The molecule has 2 heterocycles. The Hall–Kier alpha value is -0.770. The lowest BCUT2D eigenvalue weighted by atomic mass is 9.91. The molecule has 2 aromatic heterocycles. The largest absolute Gasteiger partial charge is 0.340 e. The average Bonchev–Trinajstić information content (AvgIpc) is 3.05. The molecule has 1 N–H and O–H groups in total. The summed E-state index contributed by atoms with van der Waals surface area (Å²) < 4.78 is 34.7. The maximum Gasteiger partial charge on any atom is 0.251 e. The summed E-state index contributed by atoms with van der Waals surface area (Å²) in [6.07, 6.45) is 5.40. The number of rotatable bonds is 4. The molecule has 1 saturated carbocycles. The maximum absolute atomic E-state index is 12.8. The highest BCUT2D eigenvalue weighted by Gasteiger charge is 2.41. The van der Waals surface area contributed by atoms with Gasteiger partial charge in [0.05, 0.1) is 9.33 Å². The van der Waals surface area contributed by atoms with E-state index in [2.05, 4.69) is 30.8 Å². The number of nitrogens with zero attached hydrogens (tertiary/aromatic N) is 2. The molecule has 1 aliphatic carbocycles. The number of hydrogen-bond acceptors (Lipinski definition) is 6. The van der Waals surface area contributed by atoms with Crippen molar-refractivity contribution in [2.45, 2.75) is 55.2 Å². The summed E-state index contributed by atoms with van der Waals surface area (Å²) in [5.74, 6) is 0.887. The number of halogens is 1. The SMILES string of the molecule is Cc1nc(C2(NS(=O)(=O)c3ccc(Br)s3)CCCCCC2)no1. The average molecular weight is 420 g/mol. The van der Waals surface area contributed by atoms with Crippen LogP contribution in [0, 0.1) is 6.92 Å². The molecule has 6 nitrogen and oxygen atoms in total. The predicted octanol–water partition coefficient (Wildman–Crippen LogP) is 3.73. The molecule has 0 unspecified atom stereocenters. The van der Waals surface area contributed by atoms with Crippen molar-refractivity contribution in [2.75, 3.05) is 0 Å². The van der Waals surface area contributed by atoms with Crippen molar-refractivity contribution in [3.05, 3.63) is 27.6 Å². The molecule has 0 spiro atoms. The van der Waals surface area contributed by atoms with Crippen LogP contribution < -0.4 is 4.72 Å². The Kier molecular flexibility index (Phi) is 4.91. The number of hydrogen-bond donors (Lipinski definition) is 1. The van der Waals surface area contributed by atoms with Gasteiger partial charge in [0.2, 0.25) is 5.89 Å². The monoisotopic (exact) mass is 419 g/mol. The zero-order valence-electron chi connectivity index (χ0n) is 12.7. The molecule has 0 aromatic carbocycles. The molecular formula is C14H18BrN3O3S2. The third-order valence-electron chi connectivity index (χ3n) is 4.06. The van der Waals surface area contributed by atoms with Gasteiger partial charge in [-0.2, -0.15) is 9.71 Å². The van der Waals surface area contributed by atoms with Crippen molar-refractivity contribution in [1.29, 1.82) is 0 Å². The Morgan fingerprint density at radius 3 is 2.48 bits per heavy atom. The van der Waals surface area contributed by atoms with E-state index in [0.717, 1.165) is 29.5 Å². The van der Waals surface area contributed by atoms with Crippen LogP contribution in [0.15, 0.2) is 24.7 Å². The minimum absolute atomic E-state index is 0.285. The molecule has 1 aliphatic rings. The van der Waals surface area contributed by atoms with Gasteiger partial charge in [0, 0.05) is 6.92 Å². The fourth-order valence-corrected chi connectivity index (χ4v) is 6.38. The van der Waals surface area contributed by atoms with Crippen LogP contribution in [-0.4, -0.2) is 18.6 Å². The van der Waals surface area contributed by atoms with Gasteiger partial charge in [-0.15, -0.1) is 11.3 Å². The van der Waals surface area contributed by atoms with E-state index in [1.165, 1.54) is 11.3 Å². The van der Waals surface area contributed by atoms with Crippen LogP contribution in [0.1, 0.15) is 50.2 Å². The molecule has 0 atom stereocenters. The summed E-state index contributed by atoms with van der Waals surface area (Å²) in [4.78, 5) is 4.32. The normalized spacial score (nSPS) is 18.7. The molecule has 0 bridgehead atoms. The molecular weight excluding hydrogens is 402 g/mol. The molecule has 1 fully saturated rings. The van der Waals surface area contributed by atoms with Crippen molar-refractivity contribution >= 4 is 37.3 Å². The summed E-state index contributed by atoms with van der Waals surface area (Å²) in [5.41, 5.74) is -0.788. The standard InChI is InChI=1S/C14H18BrN3O3S2/c1-10-16-13(17-21-10)14(8-4-2-3-5-9-14)18-23(19,20)12-7-6-11(15)22-12/h6-7,18H,2-5,8-9H2,1H3. The molecule has 0 amide bonds. The highest BCUT2D eigenvalue weighted by molar-refractivity contribution is 9.11. The third-order valence-corrected chi connectivity index (χ3v) is 7.71. The Balaban J connectivity index is 1.98. The highest BCUT2D eigenvalue weighted by atomic mass is 79.9. The van der Waals surface area contributed by atoms with Crippen molar-refractivity contribution in [3.63, 3.8) is 0 Å².